The zero-order chi connectivity index (χ0) is 11.1. The average molecular weight is 280 g/mol. The minimum absolute atomic E-state index is 0.286. The summed E-state index contributed by atoms with van der Waals surface area (Å²) in [7, 11) is 1.37. The number of hydrogen-bond acceptors (Lipinski definition) is 4. The molecule has 0 aromatic rings. The van der Waals surface area contributed by atoms with Crippen LogP contribution in [0.2, 0.25) is 0 Å². The molecule has 1 aliphatic heterocycles. The summed E-state index contributed by atoms with van der Waals surface area (Å²) in [5, 5.41) is 3.38. The molecule has 0 saturated carbocycles. The van der Waals surface area contributed by atoms with E-state index in [0.717, 1.165) is 13.0 Å². The number of alkyl halides is 1. The van der Waals surface area contributed by atoms with Crippen molar-refractivity contribution in [1.82, 2.24) is 5.32 Å². The Labute approximate surface area is 98.8 Å². The molecule has 0 bridgehead atoms. The lowest BCUT2D eigenvalue weighted by molar-refractivity contribution is -0.140. The van der Waals surface area contributed by atoms with Gasteiger partial charge in [0.05, 0.1) is 20.3 Å². The van der Waals surface area contributed by atoms with Crippen LogP contribution < -0.4 is 5.32 Å². The van der Waals surface area contributed by atoms with Gasteiger partial charge in [-0.25, -0.2) is 0 Å². The zero-order valence-corrected chi connectivity index (χ0v) is 10.6. The van der Waals surface area contributed by atoms with E-state index in [4.69, 9.17) is 4.74 Å². The second kappa shape index (κ2) is 7.19. The summed E-state index contributed by atoms with van der Waals surface area (Å²) in [6.45, 7) is 2.10. The molecule has 15 heavy (non-hydrogen) atoms. The molecule has 0 amide bonds. The molecule has 5 heteroatoms. The molecule has 0 spiro atoms. The van der Waals surface area contributed by atoms with Crippen LogP contribution in [-0.2, 0) is 14.3 Å². The Kier molecular flexibility index (Phi) is 6.20. The van der Waals surface area contributed by atoms with E-state index in [1.54, 1.807) is 0 Å². The first kappa shape index (κ1) is 12.9. The van der Waals surface area contributed by atoms with Gasteiger partial charge < -0.3 is 14.8 Å². The van der Waals surface area contributed by atoms with Crippen molar-refractivity contribution >= 4 is 21.9 Å². The molecule has 1 heterocycles. The van der Waals surface area contributed by atoms with Crippen molar-refractivity contribution in [2.24, 2.45) is 0 Å². The maximum Gasteiger partial charge on any atom is 0.321 e. The highest BCUT2D eigenvalue weighted by Gasteiger charge is 2.17. The molecule has 1 aliphatic rings. The van der Waals surface area contributed by atoms with Gasteiger partial charge in [0.15, 0.2) is 0 Å². The lowest BCUT2D eigenvalue weighted by Crippen LogP contribution is -2.38. The van der Waals surface area contributed by atoms with Crippen LogP contribution in [0.1, 0.15) is 19.3 Å². The smallest absolute Gasteiger partial charge is 0.321 e. The van der Waals surface area contributed by atoms with Crippen molar-refractivity contribution < 1.29 is 14.3 Å². The van der Waals surface area contributed by atoms with Crippen LogP contribution in [0.15, 0.2) is 0 Å². The normalized spacial score (nSPS) is 23.5. The maximum absolute atomic E-state index is 11.0. The number of nitrogens with one attached hydrogen (secondary N) is 1. The monoisotopic (exact) mass is 279 g/mol. The van der Waals surface area contributed by atoms with E-state index in [1.807, 2.05) is 0 Å². The standard InChI is InChI=1S/C10H18BrNO3/c1-14-10(13)9(11)7-15-6-8-4-2-3-5-12-8/h8-9,12H,2-7H2,1H3. The molecule has 0 aliphatic carbocycles. The Morgan fingerprint density at radius 3 is 3.00 bits per heavy atom. The largest absolute Gasteiger partial charge is 0.468 e. The average Bonchev–Trinajstić information content (AvgIpc) is 2.29. The van der Waals surface area contributed by atoms with Crippen LogP contribution >= 0.6 is 15.9 Å². The molecule has 1 fully saturated rings. The van der Waals surface area contributed by atoms with Crippen molar-refractivity contribution in [3.8, 4) is 0 Å². The second-order valence-electron chi connectivity index (χ2n) is 3.67. The summed E-state index contributed by atoms with van der Waals surface area (Å²) in [5.41, 5.74) is 0. The lowest BCUT2D eigenvalue weighted by Gasteiger charge is -2.23. The molecule has 2 atom stereocenters. The van der Waals surface area contributed by atoms with Crippen molar-refractivity contribution in [2.75, 3.05) is 26.9 Å². The predicted molar refractivity (Wildman–Crippen MR) is 61.2 cm³/mol. The minimum atomic E-state index is -0.355. The quantitative estimate of drug-likeness (QED) is 0.605. The van der Waals surface area contributed by atoms with Gasteiger partial charge in [0.2, 0.25) is 0 Å². The summed E-state index contributed by atoms with van der Waals surface area (Å²) in [4.78, 5) is 10.7. The fraction of sp³-hybridized carbons (Fsp3) is 0.900. The van der Waals surface area contributed by atoms with Gasteiger partial charge in [0, 0.05) is 6.04 Å². The predicted octanol–water partition coefficient (Wildman–Crippen LogP) is 1.08. The maximum atomic E-state index is 11.0. The number of carbonyl (C=O) groups excluding carboxylic acids is 1. The van der Waals surface area contributed by atoms with E-state index in [0.29, 0.717) is 19.3 Å². The number of ether oxygens (including phenoxy) is 2. The molecule has 88 valence electrons. The second-order valence-corrected chi connectivity index (χ2v) is 4.78. The molecule has 0 aromatic heterocycles. The number of rotatable bonds is 5. The molecule has 0 radical (unpaired) electrons. The Morgan fingerprint density at radius 1 is 1.60 bits per heavy atom. The third kappa shape index (κ3) is 4.95. The van der Waals surface area contributed by atoms with E-state index in [-0.39, 0.29) is 10.8 Å². The van der Waals surface area contributed by atoms with E-state index in [2.05, 4.69) is 26.0 Å². The topological polar surface area (TPSA) is 47.6 Å². The Bertz CT molecular complexity index is 195. The van der Waals surface area contributed by atoms with Gasteiger partial charge in [-0.2, -0.15) is 0 Å². The highest BCUT2D eigenvalue weighted by atomic mass is 79.9. The summed E-state index contributed by atoms with van der Waals surface area (Å²) in [6, 6.07) is 0.441. The number of halogens is 1. The van der Waals surface area contributed by atoms with Crippen molar-refractivity contribution in [3.05, 3.63) is 0 Å². The molecule has 2 unspecified atom stereocenters. The van der Waals surface area contributed by atoms with E-state index >= 15 is 0 Å². The van der Waals surface area contributed by atoms with Crippen LogP contribution in [0.25, 0.3) is 0 Å². The van der Waals surface area contributed by atoms with Crippen LogP contribution in [0.5, 0.6) is 0 Å². The lowest BCUT2D eigenvalue weighted by atomic mass is 10.1. The Morgan fingerprint density at radius 2 is 2.40 bits per heavy atom. The third-order valence-electron chi connectivity index (χ3n) is 2.45. The fourth-order valence-electron chi connectivity index (χ4n) is 1.58. The highest BCUT2D eigenvalue weighted by Crippen LogP contribution is 2.08. The van der Waals surface area contributed by atoms with Crippen LogP contribution in [0, 0.1) is 0 Å². The molecule has 4 nitrogen and oxygen atoms in total. The number of piperidine rings is 1. The Hall–Kier alpha value is -0.130. The van der Waals surface area contributed by atoms with E-state index < -0.39 is 0 Å². The number of hydrogen-bond donors (Lipinski definition) is 1. The van der Waals surface area contributed by atoms with Crippen molar-refractivity contribution in [3.63, 3.8) is 0 Å². The first-order valence-corrected chi connectivity index (χ1v) is 6.18. The van der Waals surface area contributed by atoms with E-state index in [9.17, 15) is 4.79 Å². The summed E-state index contributed by atoms with van der Waals surface area (Å²) in [5.74, 6) is -0.286. The van der Waals surface area contributed by atoms with Gasteiger partial charge in [-0.3, -0.25) is 4.79 Å². The summed E-state index contributed by atoms with van der Waals surface area (Å²) < 4.78 is 10.0. The van der Waals surface area contributed by atoms with Gasteiger partial charge in [-0.1, -0.05) is 22.4 Å². The Balaban J connectivity index is 2.07. The van der Waals surface area contributed by atoms with Gasteiger partial charge in [0.1, 0.15) is 4.83 Å². The van der Waals surface area contributed by atoms with Crippen LogP contribution in [0.3, 0.4) is 0 Å². The molecule has 1 saturated heterocycles. The van der Waals surface area contributed by atoms with Gasteiger partial charge in [-0.05, 0) is 19.4 Å². The molecular formula is C10H18BrNO3. The van der Waals surface area contributed by atoms with Crippen LogP contribution in [0.4, 0.5) is 0 Å². The number of carbonyl (C=O) groups is 1. The van der Waals surface area contributed by atoms with Gasteiger partial charge >= 0.3 is 5.97 Å². The first-order valence-electron chi connectivity index (χ1n) is 5.27. The number of esters is 1. The van der Waals surface area contributed by atoms with E-state index in [1.165, 1.54) is 20.0 Å². The van der Waals surface area contributed by atoms with Crippen LogP contribution in [-0.4, -0.2) is 43.7 Å². The molecule has 1 rings (SSSR count). The first-order chi connectivity index (χ1) is 7.24. The van der Waals surface area contributed by atoms with Gasteiger partial charge in [-0.15, -0.1) is 0 Å². The van der Waals surface area contributed by atoms with Crippen molar-refractivity contribution in [1.29, 1.82) is 0 Å². The summed E-state index contributed by atoms with van der Waals surface area (Å²) >= 11 is 3.21. The highest BCUT2D eigenvalue weighted by molar-refractivity contribution is 9.10. The summed E-state index contributed by atoms with van der Waals surface area (Å²) in [6.07, 6.45) is 3.67. The van der Waals surface area contributed by atoms with Crippen molar-refractivity contribution in [2.45, 2.75) is 30.1 Å². The third-order valence-corrected chi connectivity index (χ3v) is 3.09. The minimum Gasteiger partial charge on any atom is -0.468 e. The molecular weight excluding hydrogens is 262 g/mol. The SMILES string of the molecule is COC(=O)C(Br)COCC1CCCCN1. The molecule has 0 aromatic carbocycles. The van der Waals surface area contributed by atoms with Gasteiger partial charge in [0.25, 0.3) is 0 Å². The number of methoxy groups -OCH3 is 1. The zero-order valence-electron chi connectivity index (χ0n) is 9.00. The molecule has 1 N–H and O–H groups in total. The fourth-order valence-corrected chi connectivity index (χ4v) is 1.95.